The molecule has 1 aromatic rings. The van der Waals surface area contributed by atoms with Gasteiger partial charge in [0.05, 0.1) is 11.8 Å². The third-order valence-electron chi connectivity index (χ3n) is 2.66. The Morgan fingerprint density at radius 2 is 2.41 bits per heavy atom. The van der Waals surface area contributed by atoms with Crippen LogP contribution in [0.3, 0.4) is 0 Å². The Balaban J connectivity index is 2.52. The van der Waals surface area contributed by atoms with Crippen molar-refractivity contribution in [2.75, 3.05) is 11.9 Å². The molecule has 0 saturated carbocycles. The molecule has 1 heterocycles. The first-order valence-corrected chi connectivity index (χ1v) is 6.74. The molecule has 1 atom stereocenters. The molecule has 0 aliphatic carbocycles. The zero-order valence-electron chi connectivity index (χ0n) is 9.75. The molecule has 1 rings (SSSR count). The van der Waals surface area contributed by atoms with Gasteiger partial charge in [0.25, 0.3) is 5.91 Å². The Hall–Kier alpha value is -0.970. The van der Waals surface area contributed by atoms with Crippen molar-refractivity contribution in [3.8, 4) is 0 Å². The molecule has 1 N–H and O–H groups in total. The zero-order chi connectivity index (χ0) is 12.7. The SMILES string of the molecule is CCC(CCBr)CNC(=O)c1ccncc1F. The molecule has 0 spiro atoms. The van der Waals surface area contributed by atoms with Gasteiger partial charge in [-0.3, -0.25) is 9.78 Å². The fourth-order valence-electron chi connectivity index (χ4n) is 1.50. The lowest BCUT2D eigenvalue weighted by molar-refractivity contribution is 0.0942. The highest BCUT2D eigenvalue weighted by atomic mass is 79.9. The van der Waals surface area contributed by atoms with Crippen LogP contribution in [0.4, 0.5) is 4.39 Å². The maximum atomic E-state index is 13.3. The lowest BCUT2D eigenvalue weighted by Gasteiger charge is -2.14. The molecule has 0 fully saturated rings. The second kappa shape index (κ2) is 7.37. The van der Waals surface area contributed by atoms with Crippen LogP contribution in [0.15, 0.2) is 18.5 Å². The van der Waals surface area contributed by atoms with Crippen LogP contribution >= 0.6 is 15.9 Å². The minimum Gasteiger partial charge on any atom is -0.352 e. The lowest BCUT2D eigenvalue weighted by atomic mass is 10.0. The number of halogens is 2. The highest BCUT2D eigenvalue weighted by Gasteiger charge is 2.13. The molecule has 0 aliphatic heterocycles. The van der Waals surface area contributed by atoms with Crippen molar-refractivity contribution in [1.29, 1.82) is 0 Å². The molecular weight excluding hydrogens is 287 g/mol. The smallest absolute Gasteiger partial charge is 0.254 e. The third kappa shape index (κ3) is 4.42. The lowest BCUT2D eigenvalue weighted by Crippen LogP contribution is -2.30. The summed E-state index contributed by atoms with van der Waals surface area (Å²) in [7, 11) is 0. The number of aromatic nitrogens is 1. The second-order valence-corrected chi connectivity index (χ2v) is 4.61. The third-order valence-corrected chi connectivity index (χ3v) is 3.12. The maximum Gasteiger partial charge on any atom is 0.254 e. The molecule has 3 nitrogen and oxygen atoms in total. The molecule has 17 heavy (non-hydrogen) atoms. The van der Waals surface area contributed by atoms with Gasteiger partial charge in [0.15, 0.2) is 5.82 Å². The van der Waals surface area contributed by atoms with E-state index in [0.29, 0.717) is 12.5 Å². The van der Waals surface area contributed by atoms with Crippen molar-refractivity contribution in [3.05, 3.63) is 29.8 Å². The highest BCUT2D eigenvalue weighted by Crippen LogP contribution is 2.09. The molecule has 0 saturated heterocycles. The number of amides is 1. The molecule has 5 heteroatoms. The highest BCUT2D eigenvalue weighted by molar-refractivity contribution is 9.09. The fraction of sp³-hybridized carbons (Fsp3) is 0.500. The van der Waals surface area contributed by atoms with E-state index >= 15 is 0 Å². The van der Waals surface area contributed by atoms with Gasteiger partial charge in [-0.2, -0.15) is 0 Å². The average Bonchev–Trinajstić information content (AvgIpc) is 2.34. The quantitative estimate of drug-likeness (QED) is 0.821. The summed E-state index contributed by atoms with van der Waals surface area (Å²) in [5.41, 5.74) is 0.0497. The van der Waals surface area contributed by atoms with Gasteiger partial charge < -0.3 is 5.32 Å². The van der Waals surface area contributed by atoms with Crippen molar-refractivity contribution in [1.82, 2.24) is 10.3 Å². The summed E-state index contributed by atoms with van der Waals surface area (Å²) in [5, 5.41) is 3.66. The number of hydrogen-bond acceptors (Lipinski definition) is 2. The maximum absolute atomic E-state index is 13.3. The number of rotatable bonds is 6. The largest absolute Gasteiger partial charge is 0.352 e. The van der Waals surface area contributed by atoms with E-state index in [1.165, 1.54) is 12.3 Å². The average molecular weight is 303 g/mol. The molecular formula is C12H16BrFN2O. The van der Waals surface area contributed by atoms with Gasteiger partial charge in [-0.1, -0.05) is 29.3 Å². The molecule has 0 aliphatic rings. The number of nitrogens with zero attached hydrogens (tertiary/aromatic N) is 1. The van der Waals surface area contributed by atoms with Crippen LogP contribution in [0.5, 0.6) is 0 Å². The number of carbonyl (C=O) groups excluding carboxylic acids is 1. The minimum absolute atomic E-state index is 0.0497. The Bertz CT molecular complexity index is 373. The summed E-state index contributed by atoms with van der Waals surface area (Å²) >= 11 is 3.37. The number of pyridine rings is 1. The Labute approximate surface area is 109 Å². The Morgan fingerprint density at radius 3 is 3.00 bits per heavy atom. The van der Waals surface area contributed by atoms with Gasteiger partial charge >= 0.3 is 0 Å². The van der Waals surface area contributed by atoms with Gasteiger partial charge in [-0.05, 0) is 18.4 Å². The van der Waals surface area contributed by atoms with Crippen LogP contribution in [0.25, 0.3) is 0 Å². The van der Waals surface area contributed by atoms with Crippen molar-refractivity contribution < 1.29 is 9.18 Å². The van der Waals surface area contributed by atoms with E-state index in [2.05, 4.69) is 33.2 Å². The van der Waals surface area contributed by atoms with E-state index in [-0.39, 0.29) is 11.5 Å². The molecule has 1 amide bonds. The van der Waals surface area contributed by atoms with E-state index in [9.17, 15) is 9.18 Å². The van der Waals surface area contributed by atoms with E-state index in [4.69, 9.17) is 0 Å². The van der Waals surface area contributed by atoms with Crippen molar-refractivity contribution in [3.63, 3.8) is 0 Å². The number of nitrogens with one attached hydrogen (secondary N) is 1. The van der Waals surface area contributed by atoms with E-state index in [1.807, 2.05) is 0 Å². The Kier molecular flexibility index (Phi) is 6.11. The van der Waals surface area contributed by atoms with Crippen molar-refractivity contribution in [2.24, 2.45) is 5.92 Å². The topological polar surface area (TPSA) is 42.0 Å². The van der Waals surface area contributed by atoms with E-state index in [1.54, 1.807) is 0 Å². The predicted molar refractivity (Wildman–Crippen MR) is 68.7 cm³/mol. The molecule has 0 radical (unpaired) electrons. The first-order valence-electron chi connectivity index (χ1n) is 5.62. The zero-order valence-corrected chi connectivity index (χ0v) is 11.3. The standard InChI is InChI=1S/C12H16BrFN2O/c1-2-9(3-5-13)7-16-12(17)10-4-6-15-8-11(10)14/h4,6,8-9H,2-3,5,7H2,1H3,(H,16,17). The molecule has 0 aromatic carbocycles. The number of hydrogen-bond donors (Lipinski definition) is 1. The molecule has 1 aromatic heterocycles. The van der Waals surface area contributed by atoms with Crippen LogP contribution in [0.2, 0.25) is 0 Å². The van der Waals surface area contributed by atoms with Gasteiger partial charge in [0.1, 0.15) is 0 Å². The summed E-state index contributed by atoms with van der Waals surface area (Å²) in [6.07, 6.45) is 4.44. The molecule has 0 bridgehead atoms. The van der Waals surface area contributed by atoms with Crippen molar-refractivity contribution in [2.45, 2.75) is 19.8 Å². The first-order chi connectivity index (χ1) is 8.19. The first kappa shape index (κ1) is 14.1. The molecule has 94 valence electrons. The summed E-state index contributed by atoms with van der Waals surface area (Å²) in [6.45, 7) is 2.65. The van der Waals surface area contributed by atoms with Gasteiger partial charge in [-0.25, -0.2) is 4.39 Å². The van der Waals surface area contributed by atoms with Crippen LogP contribution < -0.4 is 5.32 Å². The minimum atomic E-state index is -0.585. The van der Waals surface area contributed by atoms with Crippen LogP contribution in [-0.4, -0.2) is 22.8 Å². The van der Waals surface area contributed by atoms with E-state index < -0.39 is 5.82 Å². The van der Waals surface area contributed by atoms with Crippen molar-refractivity contribution >= 4 is 21.8 Å². The monoisotopic (exact) mass is 302 g/mol. The van der Waals surface area contributed by atoms with Gasteiger partial charge in [0, 0.05) is 18.1 Å². The summed E-state index contributed by atoms with van der Waals surface area (Å²) in [5.74, 6) is -0.542. The number of carbonyl (C=O) groups is 1. The summed E-state index contributed by atoms with van der Waals surface area (Å²) < 4.78 is 13.3. The van der Waals surface area contributed by atoms with E-state index in [0.717, 1.165) is 24.4 Å². The predicted octanol–water partition coefficient (Wildman–Crippen LogP) is 2.76. The fourth-order valence-corrected chi connectivity index (χ4v) is 2.14. The van der Waals surface area contributed by atoms with Crippen LogP contribution in [0.1, 0.15) is 30.1 Å². The molecule has 1 unspecified atom stereocenters. The van der Waals surface area contributed by atoms with Crippen LogP contribution in [-0.2, 0) is 0 Å². The van der Waals surface area contributed by atoms with Crippen LogP contribution in [0, 0.1) is 11.7 Å². The van der Waals surface area contributed by atoms with Gasteiger partial charge in [0.2, 0.25) is 0 Å². The summed E-state index contributed by atoms with van der Waals surface area (Å²) in [4.78, 5) is 15.3. The normalized spacial score (nSPS) is 12.2. The Morgan fingerprint density at radius 1 is 1.65 bits per heavy atom. The summed E-state index contributed by atoms with van der Waals surface area (Å²) in [6, 6.07) is 1.39. The second-order valence-electron chi connectivity index (χ2n) is 3.82. The van der Waals surface area contributed by atoms with Gasteiger partial charge in [-0.15, -0.1) is 0 Å². The number of alkyl halides is 1.